The van der Waals surface area contributed by atoms with Crippen molar-refractivity contribution >= 4 is 11.9 Å². The molecule has 136 valence electrons. The van der Waals surface area contributed by atoms with Crippen LogP contribution >= 0.6 is 0 Å². The van der Waals surface area contributed by atoms with Crippen LogP contribution in [-0.2, 0) is 12.5 Å². The van der Waals surface area contributed by atoms with Crippen molar-refractivity contribution in [2.24, 2.45) is 0 Å². The van der Waals surface area contributed by atoms with E-state index in [1.54, 1.807) is 6.07 Å². The van der Waals surface area contributed by atoms with Crippen molar-refractivity contribution in [1.82, 2.24) is 14.8 Å². The quantitative estimate of drug-likeness (QED) is 0.789. The van der Waals surface area contributed by atoms with Crippen LogP contribution in [0.3, 0.4) is 0 Å². The van der Waals surface area contributed by atoms with Gasteiger partial charge in [-0.3, -0.25) is 9.48 Å². The fraction of sp³-hybridized carbons (Fsp3) is 0.389. The molecule has 0 radical (unpaired) electrons. The second-order valence-electron chi connectivity index (χ2n) is 6.51. The molecule has 0 fully saturated rings. The monoisotopic (exact) mass is 361 g/mol. The Labute approximate surface area is 148 Å². The van der Waals surface area contributed by atoms with Crippen molar-refractivity contribution in [1.29, 1.82) is 0 Å². The molecule has 0 bridgehead atoms. The maximum atomic E-state index is 15.0. The van der Waals surface area contributed by atoms with Crippen LogP contribution in [0.5, 0.6) is 11.5 Å². The molecule has 8 heteroatoms. The van der Waals surface area contributed by atoms with Crippen molar-refractivity contribution in [3.8, 4) is 11.5 Å². The van der Waals surface area contributed by atoms with Gasteiger partial charge in [0, 0.05) is 6.20 Å². The van der Waals surface area contributed by atoms with Gasteiger partial charge in [0.15, 0.2) is 17.7 Å². The zero-order valence-corrected chi connectivity index (χ0v) is 13.9. The normalized spacial score (nSPS) is 19.0. The summed E-state index contributed by atoms with van der Waals surface area (Å²) >= 11 is 0. The number of pyridine rings is 1. The number of allylic oxidation sites excluding steroid dienone is 1. The Balaban J connectivity index is 1.93. The Hall–Kier alpha value is -2.77. The molecule has 0 unspecified atom stereocenters. The maximum Gasteiger partial charge on any atom is 0.312 e. The van der Waals surface area contributed by atoms with Crippen LogP contribution in [0.15, 0.2) is 24.0 Å². The third-order valence-electron chi connectivity index (χ3n) is 4.86. The molecule has 4 rings (SSSR count). The first-order chi connectivity index (χ1) is 12.5. The van der Waals surface area contributed by atoms with Crippen LogP contribution in [-0.4, -0.2) is 32.8 Å². The first-order valence-electron chi connectivity index (χ1n) is 8.42. The molecule has 0 saturated heterocycles. The Bertz CT molecular complexity index is 905. The summed E-state index contributed by atoms with van der Waals surface area (Å²) in [6, 6.07) is 1.74. The fourth-order valence-corrected chi connectivity index (χ4v) is 3.59. The van der Waals surface area contributed by atoms with Gasteiger partial charge in [-0.1, -0.05) is 0 Å². The molecule has 2 aromatic heterocycles. The summed E-state index contributed by atoms with van der Waals surface area (Å²) in [5.41, 5.74) is 1.65. The van der Waals surface area contributed by atoms with Gasteiger partial charge in [-0.25, -0.2) is 4.98 Å². The number of ether oxygens (including phenoxy) is 1. The summed E-state index contributed by atoms with van der Waals surface area (Å²) in [6.45, 7) is -0.659. The number of hydrogen-bond acceptors (Lipinski definition) is 5. The number of nitrogens with zero attached hydrogens (tertiary/aromatic N) is 3. The van der Waals surface area contributed by atoms with Crippen LogP contribution in [0.25, 0.3) is 5.57 Å². The van der Waals surface area contributed by atoms with E-state index in [-0.39, 0.29) is 17.9 Å². The lowest BCUT2D eigenvalue weighted by molar-refractivity contribution is -0.0325. The average Bonchev–Trinajstić information content (AvgIpc) is 3.06. The van der Waals surface area contributed by atoms with E-state index in [1.807, 2.05) is 0 Å². The molecular formula is C18H17F2N3O3. The minimum atomic E-state index is -3.42. The van der Waals surface area contributed by atoms with E-state index in [9.17, 15) is 18.7 Å². The number of aromatic nitrogens is 3. The molecule has 1 aliphatic heterocycles. The molecule has 26 heavy (non-hydrogen) atoms. The SMILES string of the molecule is O=Cc1c(O)cnc2c1OCC1=C(CCCC1)c1ccnn1CC2(F)F. The Morgan fingerprint density at radius 2 is 2.12 bits per heavy atom. The van der Waals surface area contributed by atoms with E-state index in [4.69, 9.17) is 4.74 Å². The molecule has 6 nitrogen and oxygen atoms in total. The van der Waals surface area contributed by atoms with Crippen LogP contribution in [0.1, 0.15) is 47.4 Å². The highest BCUT2D eigenvalue weighted by atomic mass is 19.3. The van der Waals surface area contributed by atoms with Gasteiger partial charge < -0.3 is 9.84 Å². The van der Waals surface area contributed by atoms with E-state index in [0.29, 0.717) is 12.0 Å². The summed E-state index contributed by atoms with van der Waals surface area (Å²) in [5.74, 6) is -4.27. The van der Waals surface area contributed by atoms with Crippen molar-refractivity contribution < 1.29 is 23.4 Å². The number of halogens is 2. The third kappa shape index (κ3) is 2.65. The van der Waals surface area contributed by atoms with Crippen molar-refractivity contribution in [2.45, 2.75) is 38.2 Å². The number of rotatable bonds is 1. The molecule has 0 atom stereocenters. The third-order valence-corrected chi connectivity index (χ3v) is 4.86. The molecule has 1 N–H and O–H groups in total. The summed E-state index contributed by atoms with van der Waals surface area (Å²) < 4.78 is 36.8. The summed E-state index contributed by atoms with van der Waals surface area (Å²) in [6.07, 6.45) is 6.17. The minimum Gasteiger partial charge on any atom is -0.505 e. The van der Waals surface area contributed by atoms with Gasteiger partial charge in [-0.05, 0) is 42.9 Å². The standard InChI is InChI=1S/C18H17F2N3O3/c19-18(20)10-23-14(5-6-22-23)12-4-2-1-3-11(12)9-26-16-13(8-24)15(25)7-21-17(16)18/h5-8,25H,1-4,9-10H2. The van der Waals surface area contributed by atoms with Crippen LogP contribution in [0.2, 0.25) is 0 Å². The van der Waals surface area contributed by atoms with Crippen LogP contribution in [0, 0.1) is 0 Å². The smallest absolute Gasteiger partial charge is 0.312 e. The van der Waals surface area contributed by atoms with Crippen molar-refractivity contribution in [3.63, 3.8) is 0 Å². The Kier molecular flexibility index (Phi) is 3.97. The Morgan fingerprint density at radius 1 is 1.31 bits per heavy atom. The molecule has 2 aliphatic rings. The number of aromatic hydroxyl groups is 1. The lowest BCUT2D eigenvalue weighted by Crippen LogP contribution is -2.27. The van der Waals surface area contributed by atoms with E-state index in [1.165, 1.54) is 10.9 Å². The number of hydrogen-bond donors (Lipinski definition) is 1. The highest BCUT2D eigenvalue weighted by molar-refractivity contribution is 5.84. The summed E-state index contributed by atoms with van der Waals surface area (Å²) in [5, 5.41) is 13.9. The molecular weight excluding hydrogens is 344 g/mol. The zero-order valence-electron chi connectivity index (χ0n) is 13.9. The van der Waals surface area contributed by atoms with E-state index in [2.05, 4.69) is 10.1 Å². The number of carbonyl (C=O) groups is 1. The first-order valence-corrected chi connectivity index (χ1v) is 8.42. The minimum absolute atomic E-state index is 0.0650. The van der Waals surface area contributed by atoms with Gasteiger partial charge in [-0.15, -0.1) is 0 Å². The van der Waals surface area contributed by atoms with Gasteiger partial charge in [0.05, 0.1) is 11.9 Å². The summed E-state index contributed by atoms with van der Waals surface area (Å²) in [4.78, 5) is 15.0. The molecule has 0 amide bonds. The highest BCUT2D eigenvalue weighted by Crippen LogP contribution is 2.42. The first kappa shape index (κ1) is 16.7. The van der Waals surface area contributed by atoms with E-state index in [0.717, 1.165) is 43.0 Å². The van der Waals surface area contributed by atoms with Gasteiger partial charge in [0.1, 0.15) is 24.5 Å². The number of aldehydes is 1. The topological polar surface area (TPSA) is 77.2 Å². The van der Waals surface area contributed by atoms with Crippen molar-refractivity contribution in [3.05, 3.63) is 41.0 Å². The van der Waals surface area contributed by atoms with Gasteiger partial charge in [0.25, 0.3) is 0 Å². The van der Waals surface area contributed by atoms with Crippen LogP contribution in [0.4, 0.5) is 8.78 Å². The molecule has 1 aliphatic carbocycles. The second-order valence-corrected chi connectivity index (χ2v) is 6.51. The molecule has 0 saturated carbocycles. The maximum absolute atomic E-state index is 15.0. The van der Waals surface area contributed by atoms with Gasteiger partial charge in [0.2, 0.25) is 0 Å². The predicted molar refractivity (Wildman–Crippen MR) is 88.3 cm³/mol. The second kappa shape index (κ2) is 6.19. The van der Waals surface area contributed by atoms with Gasteiger partial charge >= 0.3 is 5.92 Å². The average molecular weight is 361 g/mol. The largest absolute Gasteiger partial charge is 0.505 e. The fourth-order valence-electron chi connectivity index (χ4n) is 3.59. The zero-order chi connectivity index (χ0) is 18.3. The number of fused-ring (bicyclic) bond motifs is 3. The number of alkyl halides is 2. The van der Waals surface area contributed by atoms with E-state index < -0.39 is 23.9 Å². The lowest BCUT2D eigenvalue weighted by atomic mass is 9.90. The number of carbonyl (C=O) groups excluding carboxylic acids is 1. The Morgan fingerprint density at radius 3 is 2.92 bits per heavy atom. The van der Waals surface area contributed by atoms with E-state index >= 15 is 0 Å². The molecule has 2 aromatic rings. The van der Waals surface area contributed by atoms with Crippen LogP contribution < -0.4 is 4.74 Å². The highest BCUT2D eigenvalue weighted by Gasteiger charge is 2.40. The molecule has 0 aromatic carbocycles. The molecule has 0 spiro atoms. The summed E-state index contributed by atoms with van der Waals surface area (Å²) in [7, 11) is 0. The van der Waals surface area contributed by atoms with Crippen molar-refractivity contribution in [2.75, 3.05) is 6.61 Å². The molecule has 3 heterocycles. The van der Waals surface area contributed by atoms with Gasteiger partial charge in [-0.2, -0.15) is 13.9 Å². The lowest BCUT2D eigenvalue weighted by Gasteiger charge is -2.27. The predicted octanol–water partition coefficient (Wildman–Crippen LogP) is 3.31.